The van der Waals surface area contributed by atoms with E-state index in [4.69, 9.17) is 4.74 Å². The molecule has 2 atom stereocenters. The highest BCUT2D eigenvalue weighted by Gasteiger charge is 2.47. The van der Waals surface area contributed by atoms with Gasteiger partial charge in [0.05, 0.1) is 23.1 Å². The summed E-state index contributed by atoms with van der Waals surface area (Å²) < 4.78 is 4.95. The molecule has 2 N–H and O–H groups in total. The molecule has 0 aromatic heterocycles. The number of imide groups is 1. The number of esters is 1. The Morgan fingerprint density at radius 3 is 2.03 bits per heavy atom. The van der Waals surface area contributed by atoms with E-state index in [0.29, 0.717) is 24.1 Å². The molecule has 0 spiro atoms. The van der Waals surface area contributed by atoms with Gasteiger partial charge in [-0.05, 0) is 49.2 Å². The number of fused-ring (bicyclic) bond motifs is 1. The van der Waals surface area contributed by atoms with Crippen molar-refractivity contribution in [1.82, 2.24) is 10.9 Å². The molecule has 2 aromatic rings. The van der Waals surface area contributed by atoms with Gasteiger partial charge in [-0.2, -0.15) is 0 Å². The van der Waals surface area contributed by atoms with Crippen LogP contribution < -0.4 is 15.8 Å². The van der Waals surface area contributed by atoms with Crippen LogP contribution in [0.3, 0.4) is 0 Å². The first kappa shape index (κ1) is 21.9. The molecule has 9 nitrogen and oxygen atoms in total. The normalized spacial score (nSPS) is 19.1. The van der Waals surface area contributed by atoms with E-state index in [1.165, 1.54) is 29.2 Å². The monoisotopic (exact) mass is 447 g/mol. The third-order valence-corrected chi connectivity index (χ3v) is 5.55. The van der Waals surface area contributed by atoms with Gasteiger partial charge < -0.3 is 4.74 Å². The number of ether oxygens (including phenoxy) is 1. The van der Waals surface area contributed by atoms with Gasteiger partial charge in [-0.1, -0.05) is 30.4 Å². The lowest BCUT2D eigenvalue weighted by Gasteiger charge is -2.15. The zero-order valence-electron chi connectivity index (χ0n) is 17.5. The van der Waals surface area contributed by atoms with Crippen LogP contribution in [0.2, 0.25) is 0 Å². The summed E-state index contributed by atoms with van der Waals surface area (Å²) >= 11 is 0. The van der Waals surface area contributed by atoms with Crippen LogP contribution >= 0.6 is 0 Å². The predicted octanol–water partition coefficient (Wildman–Crippen LogP) is 1.76. The summed E-state index contributed by atoms with van der Waals surface area (Å²) in [6.07, 6.45) is 4.92. The number of rotatable bonds is 5. The van der Waals surface area contributed by atoms with Crippen LogP contribution in [0.5, 0.6) is 0 Å². The van der Waals surface area contributed by atoms with E-state index in [-0.39, 0.29) is 29.2 Å². The van der Waals surface area contributed by atoms with E-state index in [1.54, 1.807) is 30.3 Å². The average molecular weight is 447 g/mol. The van der Waals surface area contributed by atoms with Crippen LogP contribution in [-0.2, 0) is 19.1 Å². The van der Waals surface area contributed by atoms with Gasteiger partial charge in [0.25, 0.3) is 11.8 Å². The van der Waals surface area contributed by atoms with Gasteiger partial charge in [0, 0.05) is 5.56 Å². The number of benzene rings is 2. The molecule has 1 aliphatic carbocycles. The van der Waals surface area contributed by atoms with Crippen molar-refractivity contribution in [2.75, 3.05) is 11.5 Å². The smallest absolute Gasteiger partial charge is 0.338 e. The maximum Gasteiger partial charge on any atom is 0.338 e. The van der Waals surface area contributed by atoms with Crippen LogP contribution in [0.4, 0.5) is 5.69 Å². The van der Waals surface area contributed by atoms with Crippen LogP contribution in [0.25, 0.3) is 0 Å². The number of hydrogen-bond acceptors (Lipinski definition) is 6. The Hall–Kier alpha value is -4.27. The molecule has 1 heterocycles. The fourth-order valence-corrected chi connectivity index (χ4v) is 3.84. The summed E-state index contributed by atoms with van der Waals surface area (Å²) in [5.74, 6) is -3.14. The number of nitrogens with one attached hydrogen (secondary N) is 2. The van der Waals surface area contributed by atoms with Crippen LogP contribution in [0.15, 0.2) is 66.7 Å². The Morgan fingerprint density at radius 2 is 1.42 bits per heavy atom. The van der Waals surface area contributed by atoms with Crippen molar-refractivity contribution < 1.29 is 28.7 Å². The molecule has 4 rings (SSSR count). The number of hydrazine groups is 1. The molecular formula is C24H21N3O6. The van der Waals surface area contributed by atoms with Crippen molar-refractivity contribution in [3.05, 3.63) is 77.9 Å². The van der Waals surface area contributed by atoms with E-state index >= 15 is 0 Å². The molecule has 2 aliphatic rings. The Balaban J connectivity index is 1.29. The lowest BCUT2D eigenvalue weighted by Crippen LogP contribution is -2.43. The second-order valence-corrected chi connectivity index (χ2v) is 7.66. The van der Waals surface area contributed by atoms with Gasteiger partial charge in [0.2, 0.25) is 11.8 Å². The van der Waals surface area contributed by atoms with E-state index < -0.39 is 24.4 Å². The number of allylic oxidation sites excluding steroid dienone is 2. The summed E-state index contributed by atoms with van der Waals surface area (Å²) in [6, 6.07) is 14.1. The largest absolute Gasteiger partial charge is 0.452 e. The van der Waals surface area contributed by atoms with Gasteiger partial charge >= 0.3 is 5.97 Å². The topological polar surface area (TPSA) is 122 Å². The Labute approximate surface area is 189 Å². The van der Waals surface area contributed by atoms with Gasteiger partial charge in [-0.15, -0.1) is 0 Å². The standard InChI is InChI=1S/C24H21N3O6/c28-20(25-26-21(29)15-6-2-1-3-7-15)14-33-24(32)16-10-12-17(13-11-16)27-22(30)18-8-4-5-9-19(18)23(27)31/h1-7,10-13,18-19H,8-9,14H2,(H,25,28)(H,26,29)/t18-,19+. The lowest BCUT2D eigenvalue weighted by molar-refractivity contribution is -0.125. The molecule has 4 amide bonds. The number of amides is 4. The molecule has 1 fully saturated rings. The molecule has 1 saturated heterocycles. The molecule has 0 unspecified atom stereocenters. The first-order valence-corrected chi connectivity index (χ1v) is 10.4. The van der Waals surface area contributed by atoms with E-state index in [9.17, 15) is 24.0 Å². The molecule has 168 valence electrons. The van der Waals surface area contributed by atoms with E-state index in [1.807, 2.05) is 12.2 Å². The third-order valence-electron chi connectivity index (χ3n) is 5.55. The molecule has 0 bridgehead atoms. The van der Waals surface area contributed by atoms with E-state index in [0.717, 1.165) is 0 Å². The minimum absolute atomic E-state index is 0.151. The summed E-state index contributed by atoms with van der Waals surface area (Å²) in [5.41, 5.74) is 5.29. The number of hydrogen-bond donors (Lipinski definition) is 2. The molecule has 0 radical (unpaired) electrons. The van der Waals surface area contributed by atoms with Crippen molar-refractivity contribution in [3.63, 3.8) is 0 Å². The highest BCUT2D eigenvalue weighted by Crippen LogP contribution is 2.37. The minimum atomic E-state index is -0.761. The Morgan fingerprint density at radius 1 is 0.818 bits per heavy atom. The SMILES string of the molecule is O=C(COC(=O)c1ccc(N2C(=O)[C@H]3CC=CC[C@H]3C2=O)cc1)NNC(=O)c1ccccc1. The first-order valence-electron chi connectivity index (χ1n) is 10.4. The fourth-order valence-electron chi connectivity index (χ4n) is 3.84. The second-order valence-electron chi connectivity index (χ2n) is 7.66. The van der Waals surface area contributed by atoms with Crippen molar-refractivity contribution in [1.29, 1.82) is 0 Å². The Bertz CT molecular complexity index is 1100. The third kappa shape index (κ3) is 4.67. The van der Waals surface area contributed by atoms with Gasteiger partial charge in [0.15, 0.2) is 6.61 Å². The zero-order chi connectivity index (χ0) is 23.4. The highest BCUT2D eigenvalue weighted by molar-refractivity contribution is 6.22. The second kappa shape index (κ2) is 9.47. The van der Waals surface area contributed by atoms with Crippen molar-refractivity contribution in [3.8, 4) is 0 Å². The van der Waals surface area contributed by atoms with Gasteiger partial charge in [0.1, 0.15) is 0 Å². The number of carbonyl (C=O) groups excluding carboxylic acids is 5. The van der Waals surface area contributed by atoms with Gasteiger partial charge in [-0.3, -0.25) is 34.9 Å². The van der Waals surface area contributed by atoms with Crippen LogP contribution in [0.1, 0.15) is 33.6 Å². The summed E-state index contributed by atoms with van der Waals surface area (Å²) in [7, 11) is 0. The van der Waals surface area contributed by atoms with Crippen LogP contribution in [-0.4, -0.2) is 36.2 Å². The minimum Gasteiger partial charge on any atom is -0.452 e. The summed E-state index contributed by atoms with van der Waals surface area (Å²) in [6.45, 7) is -0.602. The molecule has 33 heavy (non-hydrogen) atoms. The molecule has 9 heteroatoms. The Kier molecular flexibility index (Phi) is 6.30. The summed E-state index contributed by atoms with van der Waals surface area (Å²) in [5, 5.41) is 0. The predicted molar refractivity (Wildman–Crippen MR) is 117 cm³/mol. The number of carbonyl (C=O) groups is 5. The number of anilines is 1. The fraction of sp³-hybridized carbons (Fsp3) is 0.208. The van der Waals surface area contributed by atoms with Crippen molar-refractivity contribution in [2.45, 2.75) is 12.8 Å². The van der Waals surface area contributed by atoms with Crippen LogP contribution in [0, 0.1) is 11.8 Å². The maximum atomic E-state index is 12.7. The molecule has 0 saturated carbocycles. The zero-order valence-corrected chi connectivity index (χ0v) is 17.5. The van der Waals surface area contributed by atoms with Crippen molar-refractivity contribution >= 4 is 35.3 Å². The average Bonchev–Trinajstić information content (AvgIpc) is 3.11. The maximum absolute atomic E-state index is 12.7. The van der Waals surface area contributed by atoms with E-state index in [2.05, 4.69) is 10.9 Å². The molecular weight excluding hydrogens is 426 g/mol. The molecule has 2 aromatic carbocycles. The lowest BCUT2D eigenvalue weighted by atomic mass is 9.85. The van der Waals surface area contributed by atoms with Gasteiger partial charge in [-0.25, -0.2) is 4.79 Å². The number of nitrogens with zero attached hydrogens (tertiary/aromatic N) is 1. The first-order chi connectivity index (χ1) is 16.0. The van der Waals surface area contributed by atoms with Crippen molar-refractivity contribution in [2.24, 2.45) is 11.8 Å². The summed E-state index contributed by atoms with van der Waals surface area (Å²) in [4.78, 5) is 62.4. The quantitative estimate of drug-likeness (QED) is 0.312. The molecule has 1 aliphatic heterocycles. The highest BCUT2D eigenvalue weighted by atomic mass is 16.5.